The van der Waals surface area contributed by atoms with Crippen LogP contribution in [-0.4, -0.2) is 36.0 Å². The van der Waals surface area contributed by atoms with Crippen LogP contribution in [0.3, 0.4) is 0 Å². The van der Waals surface area contributed by atoms with Gasteiger partial charge in [-0.15, -0.1) is 0 Å². The minimum absolute atomic E-state index is 0.263. The van der Waals surface area contributed by atoms with Crippen LogP contribution < -0.4 is 5.73 Å². The van der Waals surface area contributed by atoms with Crippen molar-refractivity contribution in [2.75, 3.05) is 13.2 Å². The summed E-state index contributed by atoms with van der Waals surface area (Å²) in [6.45, 7) is 5.86. The normalized spacial score (nSPS) is 12.5. The molecule has 0 aliphatic carbocycles. The van der Waals surface area contributed by atoms with Crippen LogP contribution in [0.4, 0.5) is 0 Å². The Hall–Kier alpha value is -1.40. The lowest BCUT2D eigenvalue weighted by atomic mass is 9.99. The molecule has 0 saturated carbocycles. The molecule has 3 N–H and O–H groups in total. The molecule has 0 aromatic heterocycles. The van der Waals surface area contributed by atoms with Crippen molar-refractivity contribution in [1.82, 2.24) is 0 Å². The van der Waals surface area contributed by atoms with Gasteiger partial charge in [0.15, 0.2) is 0 Å². The van der Waals surface area contributed by atoms with E-state index in [0.29, 0.717) is 12.8 Å². The maximum atomic E-state index is 11.3. The summed E-state index contributed by atoms with van der Waals surface area (Å²) in [5.41, 5.74) is 4.76. The number of carbonyl (C=O) groups is 2. The number of aliphatic carboxylic acids is 1. The summed E-state index contributed by atoms with van der Waals surface area (Å²) in [5.74, 6) is -3.53. The summed E-state index contributed by atoms with van der Waals surface area (Å²) in [4.78, 5) is 22.2. The minimum Gasteiger partial charge on any atom is -0.478 e. The predicted molar refractivity (Wildman–Crippen MR) is 65.8 cm³/mol. The van der Waals surface area contributed by atoms with Gasteiger partial charge in [-0.2, -0.15) is 0 Å². The molecule has 0 spiro atoms. The van der Waals surface area contributed by atoms with Crippen molar-refractivity contribution < 1.29 is 24.2 Å². The first-order valence-electron chi connectivity index (χ1n) is 5.96. The van der Waals surface area contributed by atoms with Gasteiger partial charge in [-0.1, -0.05) is 13.3 Å². The zero-order chi connectivity index (χ0) is 14.2. The molecule has 0 saturated heterocycles. The Balaban J connectivity index is 5.57. The molecule has 0 bridgehead atoms. The molecule has 0 aromatic rings. The Morgan fingerprint density at radius 2 is 1.72 bits per heavy atom. The van der Waals surface area contributed by atoms with E-state index in [0.717, 1.165) is 6.08 Å². The summed E-state index contributed by atoms with van der Waals surface area (Å²) in [6, 6.07) is 0. The number of primary amides is 1. The van der Waals surface area contributed by atoms with Gasteiger partial charge in [0.2, 0.25) is 11.7 Å². The topological polar surface area (TPSA) is 98.9 Å². The van der Waals surface area contributed by atoms with Crippen LogP contribution in [-0.2, 0) is 19.1 Å². The fourth-order valence-electron chi connectivity index (χ4n) is 1.75. The van der Waals surface area contributed by atoms with Gasteiger partial charge >= 0.3 is 5.97 Å². The molecule has 18 heavy (non-hydrogen) atoms. The number of carboxylic acid groups (broad SMARTS) is 1. The van der Waals surface area contributed by atoms with Crippen molar-refractivity contribution in [3.63, 3.8) is 0 Å². The number of hydrogen-bond donors (Lipinski definition) is 2. The summed E-state index contributed by atoms with van der Waals surface area (Å²) >= 11 is 0. The van der Waals surface area contributed by atoms with Gasteiger partial charge in [0.25, 0.3) is 0 Å². The van der Waals surface area contributed by atoms with Crippen LogP contribution in [0.2, 0.25) is 0 Å². The monoisotopic (exact) mass is 259 g/mol. The lowest BCUT2D eigenvalue weighted by Gasteiger charge is -2.33. The smallest absolute Gasteiger partial charge is 0.337 e. The van der Waals surface area contributed by atoms with Crippen LogP contribution >= 0.6 is 0 Å². The van der Waals surface area contributed by atoms with Gasteiger partial charge in [-0.05, 0) is 13.8 Å². The molecular weight excluding hydrogens is 238 g/mol. The highest BCUT2D eigenvalue weighted by Crippen LogP contribution is 2.29. The van der Waals surface area contributed by atoms with Crippen LogP contribution in [0.1, 0.15) is 33.6 Å². The summed E-state index contributed by atoms with van der Waals surface area (Å²) < 4.78 is 10.9. The van der Waals surface area contributed by atoms with Gasteiger partial charge in [-0.25, -0.2) is 4.79 Å². The van der Waals surface area contributed by atoms with E-state index in [1.165, 1.54) is 0 Å². The van der Waals surface area contributed by atoms with E-state index >= 15 is 0 Å². The molecule has 0 fully saturated rings. The fourth-order valence-corrected chi connectivity index (χ4v) is 1.75. The largest absolute Gasteiger partial charge is 0.478 e. The average molecular weight is 259 g/mol. The lowest BCUT2D eigenvalue weighted by Crippen LogP contribution is -2.42. The maximum absolute atomic E-state index is 11.3. The molecule has 0 aliphatic rings. The Morgan fingerprint density at radius 3 is 2.00 bits per heavy atom. The van der Waals surface area contributed by atoms with Gasteiger partial charge < -0.3 is 20.3 Å². The Morgan fingerprint density at radius 1 is 1.22 bits per heavy atom. The molecule has 0 radical (unpaired) electrons. The first-order valence-corrected chi connectivity index (χ1v) is 5.96. The van der Waals surface area contributed by atoms with Crippen LogP contribution in [0.25, 0.3) is 0 Å². The number of ether oxygens (including phenoxy) is 2. The van der Waals surface area contributed by atoms with Crippen molar-refractivity contribution in [2.24, 2.45) is 5.73 Å². The predicted octanol–water partition coefficient (Wildman–Crippen LogP) is 1.05. The summed E-state index contributed by atoms with van der Waals surface area (Å²) in [7, 11) is 0. The van der Waals surface area contributed by atoms with Gasteiger partial charge in [0.05, 0.1) is 0 Å². The first-order chi connectivity index (χ1) is 8.43. The van der Waals surface area contributed by atoms with Crippen molar-refractivity contribution in [2.45, 2.75) is 39.4 Å². The SMILES string of the molecule is CCCC(OCC)(OCC)/C(=C/C(N)=O)C(=O)O. The van der Waals surface area contributed by atoms with E-state index in [1.807, 2.05) is 6.92 Å². The van der Waals surface area contributed by atoms with Crippen molar-refractivity contribution in [3.05, 3.63) is 11.6 Å². The van der Waals surface area contributed by atoms with Crippen molar-refractivity contribution >= 4 is 11.9 Å². The maximum Gasteiger partial charge on any atom is 0.337 e. The van der Waals surface area contributed by atoms with Crippen LogP contribution in [0.5, 0.6) is 0 Å². The highest BCUT2D eigenvalue weighted by atomic mass is 16.7. The summed E-state index contributed by atoms with van der Waals surface area (Å²) in [5, 5.41) is 9.20. The third-order valence-electron chi connectivity index (χ3n) is 2.26. The zero-order valence-electron chi connectivity index (χ0n) is 11.1. The molecule has 6 heteroatoms. The fraction of sp³-hybridized carbons (Fsp3) is 0.667. The van der Waals surface area contributed by atoms with Gasteiger partial charge in [0, 0.05) is 25.7 Å². The molecule has 6 nitrogen and oxygen atoms in total. The lowest BCUT2D eigenvalue weighted by molar-refractivity contribution is -0.214. The summed E-state index contributed by atoms with van der Waals surface area (Å²) in [6.07, 6.45) is 1.83. The molecule has 0 rings (SSSR count). The number of rotatable bonds is 9. The average Bonchev–Trinajstić information content (AvgIpc) is 2.26. The Bertz CT molecular complexity index is 307. The van der Waals surface area contributed by atoms with Gasteiger partial charge in [0.1, 0.15) is 5.57 Å². The molecule has 0 heterocycles. The molecular formula is C12H21NO5. The molecule has 0 aromatic carbocycles. The molecule has 0 aliphatic heterocycles. The highest BCUT2D eigenvalue weighted by molar-refractivity contribution is 5.98. The van der Waals surface area contributed by atoms with Crippen molar-refractivity contribution in [1.29, 1.82) is 0 Å². The number of hydrogen-bond acceptors (Lipinski definition) is 4. The molecule has 0 atom stereocenters. The second-order valence-electron chi connectivity index (χ2n) is 3.63. The molecule has 104 valence electrons. The van der Waals surface area contributed by atoms with Crippen molar-refractivity contribution in [3.8, 4) is 0 Å². The van der Waals surface area contributed by atoms with Crippen LogP contribution in [0.15, 0.2) is 11.6 Å². The van der Waals surface area contributed by atoms with Gasteiger partial charge in [-0.3, -0.25) is 4.79 Å². The number of carboxylic acids is 1. The highest BCUT2D eigenvalue weighted by Gasteiger charge is 2.39. The van der Waals surface area contributed by atoms with E-state index in [1.54, 1.807) is 13.8 Å². The second kappa shape index (κ2) is 7.84. The molecule has 1 amide bonds. The number of amides is 1. The van der Waals surface area contributed by atoms with E-state index in [9.17, 15) is 14.7 Å². The zero-order valence-corrected chi connectivity index (χ0v) is 11.1. The number of nitrogens with two attached hydrogens (primary N) is 1. The molecule has 0 unspecified atom stereocenters. The minimum atomic E-state index is -1.42. The van der Waals surface area contributed by atoms with E-state index in [2.05, 4.69) is 0 Å². The Kier molecular flexibility index (Phi) is 7.23. The number of carbonyl (C=O) groups excluding carboxylic acids is 1. The van der Waals surface area contributed by atoms with E-state index in [-0.39, 0.29) is 18.8 Å². The third kappa shape index (κ3) is 4.46. The van der Waals surface area contributed by atoms with E-state index < -0.39 is 17.7 Å². The standard InChI is InChI=1S/C12H21NO5/c1-4-7-12(17-5-2,18-6-3)9(11(15)16)8-10(13)14/h8H,4-7H2,1-3H3,(H2,13,14)(H,15,16)/b9-8+. The first kappa shape index (κ1) is 16.6. The Labute approximate surface area is 107 Å². The van der Waals surface area contributed by atoms with Crippen LogP contribution in [0, 0.1) is 0 Å². The van der Waals surface area contributed by atoms with E-state index in [4.69, 9.17) is 15.2 Å². The second-order valence-corrected chi connectivity index (χ2v) is 3.63. The third-order valence-corrected chi connectivity index (χ3v) is 2.26. The quantitative estimate of drug-likeness (QED) is 0.476.